The molecule has 0 saturated carbocycles. The SMILES string of the molecule is CN(Cc1nccs1)C(=O)CN1CC[C@H](c2ccccc2)C1. The number of nitrogens with zero attached hydrogens (tertiary/aromatic N) is 3. The van der Waals surface area contributed by atoms with Crippen LogP contribution in [-0.2, 0) is 11.3 Å². The number of likely N-dealkylation sites (tertiary alicyclic amines) is 1. The third-order valence-corrected chi connectivity index (χ3v) is 4.95. The van der Waals surface area contributed by atoms with Crippen molar-refractivity contribution in [3.63, 3.8) is 0 Å². The summed E-state index contributed by atoms with van der Waals surface area (Å²) in [5.74, 6) is 0.724. The average Bonchev–Trinajstić information content (AvgIpc) is 3.20. The van der Waals surface area contributed by atoms with Crippen LogP contribution in [0.1, 0.15) is 22.9 Å². The summed E-state index contributed by atoms with van der Waals surface area (Å²) in [4.78, 5) is 20.6. The van der Waals surface area contributed by atoms with E-state index < -0.39 is 0 Å². The molecule has 0 bridgehead atoms. The van der Waals surface area contributed by atoms with Gasteiger partial charge in [0.05, 0.1) is 13.1 Å². The monoisotopic (exact) mass is 315 g/mol. The van der Waals surface area contributed by atoms with Crippen LogP contribution in [0.4, 0.5) is 0 Å². The van der Waals surface area contributed by atoms with E-state index in [2.05, 4.69) is 34.1 Å². The highest BCUT2D eigenvalue weighted by Crippen LogP contribution is 2.26. The molecule has 22 heavy (non-hydrogen) atoms. The van der Waals surface area contributed by atoms with E-state index in [-0.39, 0.29) is 5.91 Å². The number of carbonyl (C=O) groups excluding carboxylic acids is 1. The minimum atomic E-state index is 0.170. The van der Waals surface area contributed by atoms with Gasteiger partial charge in [-0.1, -0.05) is 30.3 Å². The first-order valence-corrected chi connectivity index (χ1v) is 8.50. The lowest BCUT2D eigenvalue weighted by Gasteiger charge is -2.21. The Bertz CT molecular complexity index is 600. The van der Waals surface area contributed by atoms with Crippen LogP contribution in [0.25, 0.3) is 0 Å². The Hall–Kier alpha value is -1.72. The molecule has 2 heterocycles. The van der Waals surface area contributed by atoms with Gasteiger partial charge in [-0.3, -0.25) is 9.69 Å². The van der Waals surface area contributed by atoms with Gasteiger partial charge in [-0.15, -0.1) is 11.3 Å². The van der Waals surface area contributed by atoms with Gasteiger partial charge in [0.2, 0.25) is 5.91 Å². The van der Waals surface area contributed by atoms with Gasteiger partial charge in [0.15, 0.2) is 0 Å². The predicted molar refractivity (Wildman–Crippen MR) is 88.8 cm³/mol. The number of thiazole rings is 1. The maximum absolute atomic E-state index is 12.3. The van der Waals surface area contributed by atoms with E-state index in [1.165, 1.54) is 5.56 Å². The van der Waals surface area contributed by atoms with Gasteiger partial charge in [0.1, 0.15) is 5.01 Å². The van der Waals surface area contributed by atoms with E-state index in [1.54, 1.807) is 22.4 Å². The molecule has 2 aromatic rings. The van der Waals surface area contributed by atoms with Gasteiger partial charge in [-0.2, -0.15) is 0 Å². The first-order valence-electron chi connectivity index (χ1n) is 7.62. The Morgan fingerprint density at radius 3 is 2.95 bits per heavy atom. The summed E-state index contributed by atoms with van der Waals surface area (Å²) in [5.41, 5.74) is 1.38. The van der Waals surface area contributed by atoms with Crippen LogP contribution >= 0.6 is 11.3 Å². The lowest BCUT2D eigenvalue weighted by Crippen LogP contribution is -2.37. The summed E-state index contributed by atoms with van der Waals surface area (Å²) in [6, 6.07) is 10.6. The highest BCUT2D eigenvalue weighted by Gasteiger charge is 2.26. The zero-order chi connectivity index (χ0) is 15.4. The molecule has 0 aliphatic carbocycles. The quantitative estimate of drug-likeness (QED) is 0.851. The molecule has 1 aliphatic rings. The third kappa shape index (κ3) is 3.72. The van der Waals surface area contributed by atoms with Gasteiger partial charge >= 0.3 is 0 Å². The first kappa shape index (κ1) is 15.2. The largest absolute Gasteiger partial charge is 0.338 e. The van der Waals surface area contributed by atoms with Crippen molar-refractivity contribution in [2.75, 3.05) is 26.7 Å². The highest BCUT2D eigenvalue weighted by molar-refractivity contribution is 7.09. The van der Waals surface area contributed by atoms with Crippen LogP contribution in [0.15, 0.2) is 41.9 Å². The number of hydrogen-bond acceptors (Lipinski definition) is 4. The van der Waals surface area contributed by atoms with Gasteiger partial charge in [0, 0.05) is 25.2 Å². The Morgan fingerprint density at radius 2 is 2.23 bits per heavy atom. The van der Waals surface area contributed by atoms with Crippen molar-refractivity contribution in [1.29, 1.82) is 0 Å². The van der Waals surface area contributed by atoms with E-state index in [4.69, 9.17) is 0 Å². The zero-order valence-electron chi connectivity index (χ0n) is 12.8. The summed E-state index contributed by atoms with van der Waals surface area (Å²) < 4.78 is 0. The molecule has 0 spiro atoms. The summed E-state index contributed by atoms with van der Waals surface area (Å²) in [6.07, 6.45) is 2.91. The molecule has 0 unspecified atom stereocenters. The highest BCUT2D eigenvalue weighted by atomic mass is 32.1. The summed E-state index contributed by atoms with van der Waals surface area (Å²) in [5, 5.41) is 2.93. The van der Waals surface area contributed by atoms with Crippen LogP contribution in [0.5, 0.6) is 0 Å². The average molecular weight is 315 g/mol. The molecule has 1 aromatic carbocycles. The molecular weight excluding hydrogens is 294 g/mol. The van der Waals surface area contributed by atoms with Crippen LogP contribution in [0.2, 0.25) is 0 Å². The molecule has 5 heteroatoms. The minimum absolute atomic E-state index is 0.170. The van der Waals surface area contributed by atoms with Crippen LogP contribution < -0.4 is 0 Å². The zero-order valence-corrected chi connectivity index (χ0v) is 13.6. The summed E-state index contributed by atoms with van der Waals surface area (Å²) in [6.45, 7) is 3.08. The van der Waals surface area contributed by atoms with Gasteiger partial charge < -0.3 is 4.90 Å². The Balaban J connectivity index is 1.50. The van der Waals surface area contributed by atoms with E-state index in [1.807, 2.05) is 18.5 Å². The van der Waals surface area contributed by atoms with E-state index in [0.717, 1.165) is 24.5 Å². The second-order valence-corrected chi connectivity index (χ2v) is 6.79. The Kier molecular flexibility index (Phi) is 4.85. The predicted octanol–water partition coefficient (Wildman–Crippen LogP) is 2.59. The van der Waals surface area contributed by atoms with Gasteiger partial charge in [0.25, 0.3) is 0 Å². The maximum Gasteiger partial charge on any atom is 0.236 e. The number of benzene rings is 1. The molecule has 116 valence electrons. The normalized spacial score (nSPS) is 18.5. The molecular formula is C17H21N3OS. The van der Waals surface area contributed by atoms with Crippen molar-refractivity contribution in [2.24, 2.45) is 0 Å². The van der Waals surface area contributed by atoms with Crippen molar-refractivity contribution in [3.05, 3.63) is 52.5 Å². The molecule has 3 rings (SSSR count). The third-order valence-electron chi connectivity index (χ3n) is 4.18. The van der Waals surface area contributed by atoms with Crippen molar-refractivity contribution in [3.8, 4) is 0 Å². The van der Waals surface area contributed by atoms with Crippen LogP contribution in [0.3, 0.4) is 0 Å². The van der Waals surface area contributed by atoms with E-state index in [9.17, 15) is 4.79 Å². The molecule has 0 N–H and O–H groups in total. The number of carbonyl (C=O) groups is 1. The second kappa shape index (κ2) is 7.03. The lowest BCUT2D eigenvalue weighted by molar-refractivity contribution is -0.131. The fourth-order valence-electron chi connectivity index (χ4n) is 2.91. The molecule has 4 nitrogen and oxygen atoms in total. The molecule has 1 fully saturated rings. The summed E-state index contributed by atoms with van der Waals surface area (Å²) in [7, 11) is 1.86. The smallest absolute Gasteiger partial charge is 0.236 e. The topological polar surface area (TPSA) is 36.4 Å². The lowest BCUT2D eigenvalue weighted by atomic mass is 9.99. The second-order valence-electron chi connectivity index (χ2n) is 5.81. The fourth-order valence-corrected chi connectivity index (χ4v) is 3.58. The fraction of sp³-hybridized carbons (Fsp3) is 0.412. The van der Waals surface area contributed by atoms with Crippen LogP contribution in [-0.4, -0.2) is 47.4 Å². The maximum atomic E-state index is 12.3. The van der Waals surface area contributed by atoms with Crippen molar-refractivity contribution < 1.29 is 4.79 Å². The Morgan fingerprint density at radius 1 is 1.41 bits per heavy atom. The first-order chi connectivity index (χ1) is 10.7. The number of rotatable bonds is 5. The number of hydrogen-bond donors (Lipinski definition) is 0. The summed E-state index contributed by atoms with van der Waals surface area (Å²) >= 11 is 1.59. The molecule has 1 saturated heterocycles. The van der Waals surface area contributed by atoms with E-state index in [0.29, 0.717) is 19.0 Å². The number of likely N-dealkylation sites (N-methyl/N-ethyl adjacent to an activating group) is 1. The number of amides is 1. The van der Waals surface area contributed by atoms with Gasteiger partial charge in [-0.05, 0) is 24.4 Å². The molecule has 1 amide bonds. The molecule has 0 radical (unpaired) electrons. The van der Waals surface area contributed by atoms with Crippen molar-refractivity contribution in [2.45, 2.75) is 18.9 Å². The number of aromatic nitrogens is 1. The van der Waals surface area contributed by atoms with E-state index >= 15 is 0 Å². The molecule has 1 aromatic heterocycles. The molecule has 1 atom stereocenters. The van der Waals surface area contributed by atoms with Gasteiger partial charge in [-0.25, -0.2) is 4.98 Å². The van der Waals surface area contributed by atoms with Crippen molar-refractivity contribution >= 4 is 17.2 Å². The van der Waals surface area contributed by atoms with Crippen LogP contribution in [0, 0.1) is 0 Å². The Labute approximate surface area is 135 Å². The standard InChI is InChI=1S/C17H21N3OS/c1-19(12-16-18-8-10-22-16)17(21)13-20-9-7-15(11-20)14-5-3-2-4-6-14/h2-6,8,10,15H,7,9,11-13H2,1H3/t15-/m0/s1. The molecule has 1 aliphatic heterocycles. The minimum Gasteiger partial charge on any atom is -0.338 e. The van der Waals surface area contributed by atoms with Crippen molar-refractivity contribution in [1.82, 2.24) is 14.8 Å².